The Labute approximate surface area is 363 Å². The summed E-state index contributed by atoms with van der Waals surface area (Å²) >= 11 is 0. The molecular formula is C42H55N3O18. The average Bonchev–Trinajstić information content (AvgIpc) is 3.51. The Kier molecular flexibility index (Phi) is 13.6. The number of carboxylic acids is 2. The summed E-state index contributed by atoms with van der Waals surface area (Å²) in [6, 6.07) is -0.584. The first-order valence-electron chi connectivity index (χ1n) is 20.3. The first kappa shape index (κ1) is 47.9. The second-order valence-corrected chi connectivity index (χ2v) is 17.9. The lowest BCUT2D eigenvalue weighted by molar-refractivity contribution is -0.207. The summed E-state index contributed by atoms with van der Waals surface area (Å²) in [5.74, 6) is -6.67. The van der Waals surface area contributed by atoms with E-state index in [1.54, 1.807) is 47.6 Å². The highest BCUT2D eigenvalue weighted by atomic mass is 16.7. The monoisotopic (exact) mass is 889 g/mol. The van der Waals surface area contributed by atoms with Crippen molar-refractivity contribution >= 4 is 48.0 Å². The number of likely N-dealkylation sites (tertiary alicyclic amines) is 1. The minimum absolute atomic E-state index is 0.0344. The van der Waals surface area contributed by atoms with Crippen molar-refractivity contribution in [1.82, 2.24) is 15.5 Å². The SMILES string of the molecule is COc1ccc2c3c1O[C@H]1C(OC(=O)C[C@H](NC(=O)[C@H](C)OC(=O)OC(C)(C)C)C(=O)O)=CC[C@@]4(OC(=O)C[C@H](NC(=O)[C@H](C)OC(=O)OC(C)(C)C)C(=O)O)[C@@H](C2)N(C)CC[C@]314. The van der Waals surface area contributed by atoms with Gasteiger partial charge in [0, 0.05) is 12.0 Å². The number of nitrogens with one attached hydrogen (secondary N) is 2. The second kappa shape index (κ2) is 17.9. The molecule has 4 aliphatic rings. The van der Waals surface area contributed by atoms with E-state index < -0.39 is 119 Å². The number of esters is 2. The maximum absolute atomic E-state index is 14.1. The number of rotatable bonds is 15. The molecular weight excluding hydrogens is 834 g/mol. The topological polar surface area (TPSA) is 278 Å². The van der Waals surface area contributed by atoms with Gasteiger partial charge in [0.1, 0.15) is 34.6 Å². The number of nitrogens with zero attached hydrogens (tertiary/aromatic N) is 1. The van der Waals surface area contributed by atoms with Gasteiger partial charge in [0.25, 0.3) is 11.8 Å². The molecule has 1 aromatic carbocycles. The van der Waals surface area contributed by atoms with E-state index in [1.807, 2.05) is 18.0 Å². The van der Waals surface area contributed by atoms with E-state index in [0.717, 1.165) is 5.56 Å². The molecule has 2 amide bonds. The first-order chi connectivity index (χ1) is 29.2. The molecule has 21 heteroatoms. The van der Waals surface area contributed by atoms with Crippen LogP contribution in [0.15, 0.2) is 24.0 Å². The summed E-state index contributed by atoms with van der Waals surface area (Å²) in [5, 5.41) is 24.4. The van der Waals surface area contributed by atoms with Crippen LogP contribution in [-0.2, 0) is 69.0 Å². The molecule has 2 heterocycles. The number of benzene rings is 1. The molecule has 0 aromatic heterocycles. The number of hydrogen-bond acceptors (Lipinski definition) is 17. The predicted octanol–water partition coefficient (Wildman–Crippen LogP) is 2.67. The average molecular weight is 890 g/mol. The van der Waals surface area contributed by atoms with Crippen LogP contribution in [0, 0.1) is 0 Å². The number of aliphatic carboxylic acids is 2. The van der Waals surface area contributed by atoms with Crippen molar-refractivity contribution in [2.45, 2.75) is 146 Å². The quantitative estimate of drug-likeness (QED) is 0.145. The summed E-state index contributed by atoms with van der Waals surface area (Å²) in [6.07, 6.45) is -6.15. The van der Waals surface area contributed by atoms with E-state index >= 15 is 0 Å². The van der Waals surface area contributed by atoms with E-state index in [4.69, 9.17) is 37.9 Å². The van der Waals surface area contributed by atoms with E-state index in [9.17, 15) is 48.6 Å². The van der Waals surface area contributed by atoms with Gasteiger partial charge in [-0.25, -0.2) is 19.2 Å². The van der Waals surface area contributed by atoms with Crippen molar-refractivity contribution in [2.24, 2.45) is 0 Å². The largest absolute Gasteiger partial charge is 0.509 e. The summed E-state index contributed by atoms with van der Waals surface area (Å²) in [6.45, 7) is 12.4. The molecule has 2 bridgehead atoms. The number of piperidine rings is 1. The standard InChI is InChI=1S/C42H55N3O18/c1-20(57-37(54)62-39(3,4)5)33(48)43-23(35(50)51)18-28(46)59-26-13-14-42(61-29(47)19-24(36(52)53)44-34(49)21(2)58-38(55)63-40(6,7)8)27-17-22-11-12-25(56-10)31-30(22)41(42,32(26)60-31)15-16-45(27)9/h11-13,20-21,23-24,27,32H,14-19H2,1-10H3,(H,43,48)(H,44,49)(H,50,51)(H,52,53)/t20-,21-,23-,24-,27+,32-,41-,42+/m0/s1. The van der Waals surface area contributed by atoms with Crippen LogP contribution in [0.5, 0.6) is 11.5 Å². The Hall–Kier alpha value is -6.12. The normalized spacial score (nSPS) is 23.9. The van der Waals surface area contributed by atoms with E-state index in [0.29, 0.717) is 30.0 Å². The van der Waals surface area contributed by atoms with Gasteiger partial charge < -0.3 is 58.7 Å². The van der Waals surface area contributed by atoms with Crippen LogP contribution < -0.4 is 20.1 Å². The fourth-order valence-electron chi connectivity index (χ4n) is 8.43. The van der Waals surface area contributed by atoms with E-state index in [2.05, 4.69) is 10.6 Å². The molecule has 0 radical (unpaired) electrons. The van der Waals surface area contributed by atoms with Gasteiger partial charge in [0.2, 0.25) is 0 Å². The zero-order chi connectivity index (χ0) is 47.0. The van der Waals surface area contributed by atoms with Gasteiger partial charge in [-0.3, -0.25) is 24.1 Å². The van der Waals surface area contributed by atoms with Crippen molar-refractivity contribution < 1.29 is 86.5 Å². The number of methoxy groups -OCH3 is 1. The van der Waals surface area contributed by atoms with Gasteiger partial charge in [0.05, 0.1) is 31.4 Å². The summed E-state index contributed by atoms with van der Waals surface area (Å²) in [7, 11) is 3.28. The number of carbonyl (C=O) groups excluding carboxylic acids is 6. The molecule has 0 saturated carbocycles. The third-order valence-electron chi connectivity index (χ3n) is 11.1. The first-order valence-corrected chi connectivity index (χ1v) is 20.3. The van der Waals surface area contributed by atoms with Crippen LogP contribution in [0.3, 0.4) is 0 Å². The minimum atomic E-state index is -1.82. The van der Waals surface area contributed by atoms with Crippen LogP contribution in [0.25, 0.3) is 0 Å². The minimum Gasteiger partial charge on any atom is -0.493 e. The Morgan fingerprint density at radius 1 is 0.841 bits per heavy atom. The fourth-order valence-corrected chi connectivity index (χ4v) is 8.43. The Morgan fingerprint density at radius 3 is 1.86 bits per heavy atom. The fraction of sp³-hybridized carbons (Fsp3) is 0.619. The van der Waals surface area contributed by atoms with Crippen LogP contribution in [0.1, 0.15) is 92.2 Å². The molecule has 5 rings (SSSR count). The smallest absolute Gasteiger partial charge is 0.493 e. The van der Waals surface area contributed by atoms with Crippen LogP contribution in [0.4, 0.5) is 9.59 Å². The second-order valence-electron chi connectivity index (χ2n) is 17.9. The van der Waals surface area contributed by atoms with Crippen molar-refractivity contribution in [1.29, 1.82) is 0 Å². The highest BCUT2D eigenvalue weighted by Crippen LogP contribution is 2.66. The molecule has 1 fully saturated rings. The van der Waals surface area contributed by atoms with Crippen LogP contribution in [-0.4, -0.2) is 137 Å². The number of carbonyl (C=O) groups is 8. The van der Waals surface area contributed by atoms with Gasteiger partial charge in [-0.2, -0.15) is 0 Å². The summed E-state index contributed by atoms with van der Waals surface area (Å²) in [5.41, 5.74) is -3.14. The lowest BCUT2D eigenvalue weighted by atomic mass is 9.50. The molecule has 346 valence electrons. The zero-order valence-corrected chi connectivity index (χ0v) is 36.8. The van der Waals surface area contributed by atoms with Gasteiger partial charge in [-0.05, 0) is 99.5 Å². The highest BCUT2D eigenvalue weighted by Gasteiger charge is 2.74. The van der Waals surface area contributed by atoms with Crippen LogP contribution >= 0.6 is 0 Å². The van der Waals surface area contributed by atoms with Gasteiger partial charge in [0.15, 0.2) is 29.8 Å². The van der Waals surface area contributed by atoms with Crippen molar-refractivity contribution in [2.75, 3.05) is 20.7 Å². The maximum atomic E-state index is 14.1. The molecule has 1 saturated heterocycles. The number of hydrogen-bond donors (Lipinski definition) is 4. The molecule has 2 aliphatic carbocycles. The molecule has 2 aliphatic heterocycles. The third-order valence-corrected chi connectivity index (χ3v) is 11.1. The summed E-state index contributed by atoms with van der Waals surface area (Å²) < 4.78 is 44.7. The Morgan fingerprint density at radius 2 is 1.37 bits per heavy atom. The molecule has 4 N–H and O–H groups in total. The molecule has 1 spiro atoms. The molecule has 8 atom stereocenters. The Balaban J connectivity index is 1.41. The van der Waals surface area contributed by atoms with Crippen molar-refractivity contribution in [3.8, 4) is 11.5 Å². The number of likely N-dealkylation sites (N-methyl/N-ethyl adjacent to an activating group) is 1. The maximum Gasteiger partial charge on any atom is 0.509 e. The number of amides is 2. The third kappa shape index (κ3) is 10.1. The van der Waals surface area contributed by atoms with Gasteiger partial charge in [-0.15, -0.1) is 0 Å². The molecule has 63 heavy (non-hydrogen) atoms. The van der Waals surface area contributed by atoms with Crippen molar-refractivity contribution in [3.05, 3.63) is 35.1 Å². The van der Waals surface area contributed by atoms with Gasteiger partial charge >= 0.3 is 36.2 Å². The Bertz CT molecular complexity index is 2070. The van der Waals surface area contributed by atoms with E-state index in [-0.39, 0.29) is 18.6 Å². The predicted molar refractivity (Wildman–Crippen MR) is 213 cm³/mol. The lowest BCUT2D eigenvalue weighted by Gasteiger charge is -2.62. The number of carboxylic acid groups (broad SMARTS) is 2. The zero-order valence-electron chi connectivity index (χ0n) is 36.8. The highest BCUT2D eigenvalue weighted by molar-refractivity contribution is 5.91. The molecule has 21 nitrogen and oxygen atoms in total. The number of ether oxygens (including phenoxy) is 8. The van der Waals surface area contributed by atoms with E-state index in [1.165, 1.54) is 27.0 Å². The molecule has 1 aromatic rings. The summed E-state index contributed by atoms with van der Waals surface area (Å²) in [4.78, 5) is 104. The van der Waals surface area contributed by atoms with Crippen LogP contribution in [0.2, 0.25) is 0 Å². The van der Waals surface area contributed by atoms with Gasteiger partial charge in [-0.1, -0.05) is 6.07 Å². The lowest BCUT2D eigenvalue weighted by Crippen LogP contribution is -2.75. The van der Waals surface area contributed by atoms with Crippen molar-refractivity contribution in [3.63, 3.8) is 0 Å². The molecule has 0 unspecified atom stereocenters.